The van der Waals surface area contributed by atoms with Gasteiger partial charge in [0.05, 0.1) is 11.2 Å². The third kappa shape index (κ3) is 5.06. The Morgan fingerprint density at radius 2 is 0.712 bits per heavy atom. The molecule has 0 amide bonds. The minimum atomic E-state index is 0.970. The second kappa shape index (κ2) is 12.5. The quantitative estimate of drug-likeness (QED) is 0.132. The zero-order valence-corrected chi connectivity index (χ0v) is 28.5. The van der Waals surface area contributed by atoms with Crippen LogP contribution in [0.2, 0.25) is 0 Å². The Kier molecular flexibility index (Phi) is 7.22. The number of hydrogen-bond acceptors (Lipinski definition) is 1. The third-order valence-electron chi connectivity index (χ3n) is 10.5. The Morgan fingerprint density at radius 1 is 0.288 bits per heavy atom. The summed E-state index contributed by atoms with van der Waals surface area (Å²) in [7, 11) is 0. The van der Waals surface area contributed by atoms with Crippen LogP contribution in [0.4, 0.5) is 0 Å². The zero-order chi connectivity index (χ0) is 34.4. The van der Waals surface area contributed by atoms with Gasteiger partial charge in [-0.1, -0.05) is 188 Å². The van der Waals surface area contributed by atoms with Crippen molar-refractivity contribution in [2.75, 3.05) is 0 Å². The third-order valence-corrected chi connectivity index (χ3v) is 10.5. The van der Waals surface area contributed by atoms with Gasteiger partial charge in [-0.2, -0.15) is 0 Å². The summed E-state index contributed by atoms with van der Waals surface area (Å²) in [5, 5.41) is 8.64. The maximum Gasteiger partial charge on any atom is 0.0722 e. The van der Waals surface area contributed by atoms with E-state index in [0.717, 1.165) is 16.8 Å². The van der Waals surface area contributed by atoms with Crippen LogP contribution < -0.4 is 0 Å². The fraction of sp³-hybridized carbons (Fsp3) is 0. The standard InChI is InChI=1S/C51H33N/c1-3-13-34(14-4-1)35-23-27-39(28-24-35)49-42-19-9-11-21-44(42)50(45-22-12-10-20-43(45)49)40-29-25-38(26-30-40)48-33-46(36-15-5-2-6-16-36)51-41-18-8-7-17-37(41)31-32-47(51)52-48/h1-33H. The van der Waals surface area contributed by atoms with Gasteiger partial charge in [0.15, 0.2) is 0 Å². The average molecular weight is 660 g/mol. The average Bonchev–Trinajstić information content (AvgIpc) is 3.23. The molecule has 1 aromatic heterocycles. The molecule has 0 saturated carbocycles. The summed E-state index contributed by atoms with van der Waals surface area (Å²) in [4.78, 5) is 5.25. The Morgan fingerprint density at radius 3 is 1.27 bits per heavy atom. The van der Waals surface area contributed by atoms with E-state index in [1.54, 1.807) is 0 Å². The summed E-state index contributed by atoms with van der Waals surface area (Å²) in [5.41, 5.74) is 12.8. The van der Waals surface area contributed by atoms with Crippen LogP contribution in [0.15, 0.2) is 200 Å². The molecular weight excluding hydrogens is 627 g/mol. The van der Waals surface area contributed by atoms with E-state index in [1.165, 1.54) is 82.2 Å². The molecule has 0 radical (unpaired) electrons. The number of fused-ring (bicyclic) bond motifs is 5. The van der Waals surface area contributed by atoms with Gasteiger partial charge in [-0.15, -0.1) is 0 Å². The molecule has 0 N–H and O–H groups in total. The van der Waals surface area contributed by atoms with Crippen molar-refractivity contribution in [3.05, 3.63) is 200 Å². The summed E-state index contributed by atoms with van der Waals surface area (Å²) >= 11 is 0. The molecule has 1 nitrogen and oxygen atoms in total. The van der Waals surface area contributed by atoms with E-state index in [4.69, 9.17) is 4.98 Å². The molecule has 0 aliphatic carbocycles. The lowest BCUT2D eigenvalue weighted by Crippen LogP contribution is -1.92. The van der Waals surface area contributed by atoms with E-state index in [0.29, 0.717) is 0 Å². The predicted octanol–water partition coefficient (Wildman–Crippen LogP) is 14.0. The van der Waals surface area contributed by atoms with Crippen LogP contribution in [0.3, 0.4) is 0 Å². The topological polar surface area (TPSA) is 12.9 Å². The molecule has 242 valence electrons. The van der Waals surface area contributed by atoms with Gasteiger partial charge in [0.2, 0.25) is 0 Å². The Hall–Kier alpha value is -6.83. The van der Waals surface area contributed by atoms with Crippen molar-refractivity contribution in [3.8, 4) is 55.8 Å². The van der Waals surface area contributed by atoms with Gasteiger partial charge in [0.25, 0.3) is 0 Å². The number of pyridine rings is 1. The molecule has 0 aliphatic rings. The van der Waals surface area contributed by atoms with E-state index < -0.39 is 0 Å². The highest BCUT2D eigenvalue weighted by atomic mass is 14.7. The number of aromatic nitrogens is 1. The lowest BCUT2D eigenvalue weighted by Gasteiger charge is -2.18. The first-order valence-electron chi connectivity index (χ1n) is 17.9. The summed E-state index contributed by atoms with van der Waals surface area (Å²) in [6.45, 7) is 0. The molecule has 0 saturated heterocycles. The molecule has 0 atom stereocenters. The van der Waals surface area contributed by atoms with Crippen LogP contribution in [-0.2, 0) is 0 Å². The monoisotopic (exact) mass is 659 g/mol. The summed E-state index contributed by atoms with van der Waals surface area (Å²) in [6, 6.07) is 72.3. The van der Waals surface area contributed by atoms with Crippen molar-refractivity contribution < 1.29 is 0 Å². The SMILES string of the molecule is c1ccc(-c2ccc(-c3c4ccccc4c(-c4ccc(-c5cc(-c6ccccc6)c6c(ccc7ccccc76)n5)cc4)c4ccccc34)cc2)cc1. The molecule has 0 unspecified atom stereocenters. The van der Waals surface area contributed by atoms with E-state index in [-0.39, 0.29) is 0 Å². The van der Waals surface area contributed by atoms with E-state index in [2.05, 4.69) is 200 Å². The zero-order valence-electron chi connectivity index (χ0n) is 28.5. The van der Waals surface area contributed by atoms with Crippen molar-refractivity contribution in [3.63, 3.8) is 0 Å². The first kappa shape index (κ1) is 30.0. The molecule has 1 heteroatoms. The van der Waals surface area contributed by atoms with E-state index in [9.17, 15) is 0 Å². The van der Waals surface area contributed by atoms with Gasteiger partial charge in [-0.25, -0.2) is 4.98 Å². The highest BCUT2D eigenvalue weighted by Gasteiger charge is 2.18. The number of rotatable bonds is 5. The minimum absolute atomic E-state index is 0.970. The second-order valence-corrected chi connectivity index (χ2v) is 13.5. The lowest BCUT2D eigenvalue weighted by atomic mass is 9.85. The van der Waals surface area contributed by atoms with Gasteiger partial charge in [0.1, 0.15) is 0 Å². The highest BCUT2D eigenvalue weighted by molar-refractivity contribution is 6.21. The Balaban J connectivity index is 1.12. The first-order chi connectivity index (χ1) is 25.8. The molecule has 10 aromatic rings. The lowest BCUT2D eigenvalue weighted by molar-refractivity contribution is 1.40. The maximum atomic E-state index is 5.25. The summed E-state index contributed by atoms with van der Waals surface area (Å²) < 4.78 is 0. The van der Waals surface area contributed by atoms with Crippen molar-refractivity contribution in [2.24, 2.45) is 0 Å². The first-order valence-corrected chi connectivity index (χ1v) is 17.9. The Bertz CT molecular complexity index is 2850. The predicted molar refractivity (Wildman–Crippen MR) is 221 cm³/mol. The van der Waals surface area contributed by atoms with Gasteiger partial charge in [-0.05, 0) is 89.0 Å². The molecule has 0 spiro atoms. The number of benzene rings is 9. The van der Waals surface area contributed by atoms with Gasteiger partial charge in [-0.3, -0.25) is 0 Å². The van der Waals surface area contributed by atoms with Crippen LogP contribution >= 0.6 is 0 Å². The van der Waals surface area contributed by atoms with E-state index >= 15 is 0 Å². The molecule has 0 bridgehead atoms. The summed E-state index contributed by atoms with van der Waals surface area (Å²) in [6.07, 6.45) is 0. The molecular formula is C51H33N. The van der Waals surface area contributed by atoms with Crippen molar-refractivity contribution in [1.29, 1.82) is 0 Å². The molecule has 0 aliphatic heterocycles. The largest absolute Gasteiger partial charge is 0.248 e. The highest BCUT2D eigenvalue weighted by Crippen LogP contribution is 2.44. The van der Waals surface area contributed by atoms with E-state index in [1.807, 2.05) is 0 Å². The van der Waals surface area contributed by atoms with Crippen LogP contribution in [0.25, 0.3) is 99.0 Å². The van der Waals surface area contributed by atoms with Crippen molar-refractivity contribution in [2.45, 2.75) is 0 Å². The fourth-order valence-corrected chi connectivity index (χ4v) is 8.02. The van der Waals surface area contributed by atoms with Crippen molar-refractivity contribution in [1.82, 2.24) is 4.98 Å². The normalized spacial score (nSPS) is 11.5. The summed E-state index contributed by atoms with van der Waals surface area (Å²) in [5.74, 6) is 0. The molecule has 52 heavy (non-hydrogen) atoms. The van der Waals surface area contributed by atoms with Crippen LogP contribution in [-0.4, -0.2) is 4.98 Å². The Labute approximate surface area is 303 Å². The number of nitrogens with zero attached hydrogens (tertiary/aromatic N) is 1. The molecule has 9 aromatic carbocycles. The van der Waals surface area contributed by atoms with Gasteiger partial charge < -0.3 is 0 Å². The fourth-order valence-electron chi connectivity index (χ4n) is 8.02. The minimum Gasteiger partial charge on any atom is -0.248 e. The van der Waals surface area contributed by atoms with Gasteiger partial charge >= 0.3 is 0 Å². The van der Waals surface area contributed by atoms with Crippen molar-refractivity contribution >= 4 is 43.2 Å². The number of hydrogen-bond donors (Lipinski definition) is 0. The maximum absolute atomic E-state index is 5.25. The second-order valence-electron chi connectivity index (χ2n) is 13.5. The molecule has 10 rings (SSSR count). The van der Waals surface area contributed by atoms with Crippen LogP contribution in [0, 0.1) is 0 Å². The molecule has 1 heterocycles. The van der Waals surface area contributed by atoms with Crippen LogP contribution in [0.5, 0.6) is 0 Å². The van der Waals surface area contributed by atoms with Crippen LogP contribution in [0.1, 0.15) is 0 Å². The smallest absolute Gasteiger partial charge is 0.0722 e. The molecule has 0 fully saturated rings. The van der Waals surface area contributed by atoms with Gasteiger partial charge in [0, 0.05) is 10.9 Å².